The van der Waals surface area contributed by atoms with Crippen molar-refractivity contribution in [2.45, 2.75) is 20.3 Å². The molecule has 0 aliphatic heterocycles. The molecular weight excluding hydrogens is 354 g/mol. The number of aromatic nitrogens is 1. The van der Waals surface area contributed by atoms with E-state index in [1.807, 2.05) is 0 Å². The third-order valence-corrected chi connectivity index (χ3v) is 6.00. The molecule has 0 aliphatic rings. The Hall–Kier alpha value is -3.52. The Morgan fingerprint density at radius 3 is 2.52 bits per heavy atom. The van der Waals surface area contributed by atoms with Gasteiger partial charge >= 0.3 is 0 Å². The maximum absolute atomic E-state index is 6.37. The smallest absolute Gasteiger partial charge is 0.143 e. The Kier molecular flexibility index (Phi) is 3.39. The van der Waals surface area contributed by atoms with Crippen molar-refractivity contribution in [1.29, 1.82) is 0 Å². The van der Waals surface area contributed by atoms with E-state index in [1.54, 1.807) is 0 Å². The fourth-order valence-electron chi connectivity index (χ4n) is 4.52. The zero-order chi connectivity index (χ0) is 19.5. The van der Waals surface area contributed by atoms with Gasteiger partial charge in [0.05, 0.1) is 0 Å². The van der Waals surface area contributed by atoms with Crippen LogP contribution in [0.5, 0.6) is 0 Å². The minimum atomic E-state index is 0.956. The summed E-state index contributed by atoms with van der Waals surface area (Å²) in [7, 11) is 0. The Labute approximate surface area is 168 Å². The molecule has 0 aliphatic carbocycles. The highest BCUT2D eigenvalue weighted by atomic mass is 16.3. The van der Waals surface area contributed by atoms with Crippen molar-refractivity contribution in [2.24, 2.45) is 0 Å². The first-order chi connectivity index (χ1) is 14.2. The van der Waals surface area contributed by atoms with Gasteiger partial charge in [0.1, 0.15) is 11.2 Å². The van der Waals surface area contributed by atoms with Crippen LogP contribution in [0, 0.1) is 6.92 Å². The molecule has 2 aromatic heterocycles. The van der Waals surface area contributed by atoms with Gasteiger partial charge in [-0.2, -0.15) is 0 Å². The zero-order valence-electron chi connectivity index (χ0n) is 16.5. The summed E-state index contributed by atoms with van der Waals surface area (Å²) in [4.78, 5) is 3.52. The summed E-state index contributed by atoms with van der Waals surface area (Å²) in [6.07, 6.45) is 1.03. The molecule has 4 aromatic carbocycles. The second-order valence-electron chi connectivity index (χ2n) is 7.91. The van der Waals surface area contributed by atoms with Crippen LogP contribution >= 0.6 is 0 Å². The van der Waals surface area contributed by atoms with Gasteiger partial charge < -0.3 is 9.40 Å². The van der Waals surface area contributed by atoms with Crippen LogP contribution in [0.4, 0.5) is 0 Å². The van der Waals surface area contributed by atoms with Crippen LogP contribution in [0.15, 0.2) is 77.2 Å². The second kappa shape index (κ2) is 5.99. The van der Waals surface area contributed by atoms with E-state index in [2.05, 4.69) is 91.6 Å². The van der Waals surface area contributed by atoms with Crippen molar-refractivity contribution >= 4 is 43.7 Å². The number of aromatic amines is 1. The van der Waals surface area contributed by atoms with E-state index in [0.717, 1.165) is 28.7 Å². The number of H-pyrrole nitrogens is 1. The van der Waals surface area contributed by atoms with E-state index in [-0.39, 0.29) is 0 Å². The molecule has 0 spiro atoms. The number of furan rings is 1. The number of fused-ring (bicyclic) bond motifs is 6. The molecule has 0 saturated carbocycles. The number of rotatable bonds is 2. The van der Waals surface area contributed by atoms with E-state index in [1.165, 1.54) is 43.8 Å². The summed E-state index contributed by atoms with van der Waals surface area (Å²) in [6.45, 7) is 4.35. The Morgan fingerprint density at radius 1 is 0.759 bits per heavy atom. The molecule has 2 heteroatoms. The third-order valence-electron chi connectivity index (χ3n) is 6.00. The quantitative estimate of drug-likeness (QED) is 0.329. The lowest BCUT2D eigenvalue weighted by atomic mass is 9.98. The van der Waals surface area contributed by atoms with Crippen LogP contribution in [0.3, 0.4) is 0 Å². The largest absolute Gasteiger partial charge is 0.455 e. The van der Waals surface area contributed by atoms with Crippen LogP contribution in [0.1, 0.15) is 18.1 Å². The van der Waals surface area contributed by atoms with E-state index in [0.29, 0.717) is 0 Å². The summed E-state index contributed by atoms with van der Waals surface area (Å²) in [5, 5.41) is 4.91. The van der Waals surface area contributed by atoms with Gasteiger partial charge in [-0.15, -0.1) is 0 Å². The number of hydrogen-bond donors (Lipinski definition) is 1. The van der Waals surface area contributed by atoms with Gasteiger partial charge in [-0.1, -0.05) is 37.3 Å². The van der Waals surface area contributed by atoms with Gasteiger partial charge in [-0.25, -0.2) is 0 Å². The molecular formula is C27H21NO. The van der Waals surface area contributed by atoms with Crippen LogP contribution in [-0.4, -0.2) is 4.98 Å². The molecule has 1 N–H and O–H groups in total. The van der Waals surface area contributed by atoms with Crippen LogP contribution in [-0.2, 0) is 6.42 Å². The topological polar surface area (TPSA) is 28.9 Å². The molecule has 0 unspecified atom stereocenters. The SMILES string of the molecule is CCc1ccc2oc3c(-c4ccc5[nH]c6ccccc6c5c4)cc(C)cc3c2c1. The number of aryl methyl sites for hydroxylation is 2. The molecule has 0 radical (unpaired) electrons. The predicted molar refractivity (Wildman–Crippen MR) is 123 cm³/mol. The maximum Gasteiger partial charge on any atom is 0.143 e. The number of nitrogens with one attached hydrogen (secondary N) is 1. The summed E-state index contributed by atoms with van der Waals surface area (Å²) < 4.78 is 6.37. The molecule has 0 amide bonds. The second-order valence-corrected chi connectivity index (χ2v) is 7.91. The van der Waals surface area contributed by atoms with Crippen molar-refractivity contribution in [3.05, 3.63) is 83.9 Å². The van der Waals surface area contributed by atoms with E-state index in [4.69, 9.17) is 4.42 Å². The minimum Gasteiger partial charge on any atom is -0.455 e. The normalized spacial score (nSPS) is 11.9. The molecule has 29 heavy (non-hydrogen) atoms. The lowest BCUT2D eigenvalue weighted by molar-refractivity contribution is 0.670. The summed E-state index contributed by atoms with van der Waals surface area (Å²) in [5.41, 5.74) is 9.18. The fraction of sp³-hybridized carbons (Fsp3) is 0.111. The van der Waals surface area contributed by atoms with E-state index >= 15 is 0 Å². The van der Waals surface area contributed by atoms with Crippen molar-refractivity contribution < 1.29 is 4.42 Å². The van der Waals surface area contributed by atoms with E-state index < -0.39 is 0 Å². The molecule has 0 fully saturated rings. The third kappa shape index (κ3) is 2.42. The molecule has 2 heterocycles. The van der Waals surface area contributed by atoms with Crippen LogP contribution in [0.2, 0.25) is 0 Å². The molecule has 0 bridgehead atoms. The molecule has 0 atom stereocenters. The van der Waals surface area contributed by atoms with Gasteiger partial charge in [0.2, 0.25) is 0 Å². The highest BCUT2D eigenvalue weighted by Gasteiger charge is 2.15. The Morgan fingerprint density at radius 2 is 1.62 bits per heavy atom. The number of benzene rings is 4. The van der Waals surface area contributed by atoms with Crippen LogP contribution in [0.25, 0.3) is 54.9 Å². The average Bonchev–Trinajstić information content (AvgIpc) is 3.30. The van der Waals surface area contributed by atoms with E-state index in [9.17, 15) is 0 Å². The van der Waals surface area contributed by atoms with Crippen molar-refractivity contribution in [1.82, 2.24) is 4.98 Å². The molecule has 2 nitrogen and oxygen atoms in total. The van der Waals surface area contributed by atoms with Gasteiger partial charge in [0.15, 0.2) is 0 Å². The van der Waals surface area contributed by atoms with Gasteiger partial charge in [0, 0.05) is 38.1 Å². The van der Waals surface area contributed by atoms with Crippen LogP contribution < -0.4 is 0 Å². The highest BCUT2D eigenvalue weighted by molar-refractivity contribution is 6.12. The number of para-hydroxylation sites is 1. The first-order valence-corrected chi connectivity index (χ1v) is 10.2. The molecule has 0 saturated heterocycles. The van der Waals surface area contributed by atoms with Gasteiger partial charge in [0.25, 0.3) is 0 Å². The van der Waals surface area contributed by atoms with Crippen molar-refractivity contribution in [3.63, 3.8) is 0 Å². The van der Waals surface area contributed by atoms with Gasteiger partial charge in [-0.3, -0.25) is 0 Å². The molecule has 140 valence electrons. The monoisotopic (exact) mass is 375 g/mol. The lowest BCUT2D eigenvalue weighted by Crippen LogP contribution is -1.82. The zero-order valence-corrected chi connectivity index (χ0v) is 16.5. The minimum absolute atomic E-state index is 0.956. The highest BCUT2D eigenvalue weighted by Crippen LogP contribution is 2.39. The van der Waals surface area contributed by atoms with Crippen molar-refractivity contribution in [2.75, 3.05) is 0 Å². The Balaban J connectivity index is 1.67. The summed E-state index contributed by atoms with van der Waals surface area (Å²) in [6, 6.07) is 26.1. The lowest BCUT2D eigenvalue weighted by Gasteiger charge is -2.06. The Bertz CT molecular complexity index is 1550. The summed E-state index contributed by atoms with van der Waals surface area (Å²) in [5.74, 6) is 0. The van der Waals surface area contributed by atoms with Crippen molar-refractivity contribution in [3.8, 4) is 11.1 Å². The molecule has 6 aromatic rings. The standard InChI is InChI=1S/C27H21NO/c1-3-17-8-11-26-22(14-17)23-13-16(2)12-20(27(23)29-26)18-9-10-25-21(15-18)19-6-4-5-7-24(19)28-25/h4-15,28H,3H2,1-2H3. The average molecular weight is 375 g/mol. The summed E-state index contributed by atoms with van der Waals surface area (Å²) >= 11 is 0. The first-order valence-electron chi connectivity index (χ1n) is 10.2. The first kappa shape index (κ1) is 16.4. The number of hydrogen-bond acceptors (Lipinski definition) is 1. The maximum atomic E-state index is 6.37. The predicted octanol–water partition coefficient (Wildman–Crippen LogP) is 7.76. The molecule has 6 rings (SSSR count). The fourth-order valence-corrected chi connectivity index (χ4v) is 4.52. The van der Waals surface area contributed by atoms with Gasteiger partial charge in [-0.05, 0) is 72.5 Å².